The van der Waals surface area contributed by atoms with Crippen LogP contribution >= 0.6 is 11.6 Å². The second-order valence-electron chi connectivity index (χ2n) is 9.34. The average molecular weight is 514 g/mol. The van der Waals surface area contributed by atoms with Crippen LogP contribution in [-0.4, -0.2) is 70.7 Å². The zero-order chi connectivity index (χ0) is 25.4. The lowest BCUT2D eigenvalue weighted by molar-refractivity contribution is -0.124. The Morgan fingerprint density at radius 2 is 1.91 bits per heavy atom. The van der Waals surface area contributed by atoms with E-state index in [1.165, 1.54) is 0 Å². The number of rotatable bonds is 12. The topological polar surface area (TPSA) is 123 Å². The lowest BCUT2D eigenvalue weighted by Crippen LogP contribution is -2.42. The second kappa shape index (κ2) is 13.1. The minimum atomic E-state index is -1.19. The van der Waals surface area contributed by atoms with Gasteiger partial charge in [-0.25, -0.2) is 4.79 Å². The molecule has 0 unspecified atom stereocenters. The Hall–Kier alpha value is -2.40. The molecule has 2 heterocycles. The Morgan fingerprint density at radius 1 is 1.20 bits per heavy atom. The predicted molar refractivity (Wildman–Crippen MR) is 133 cm³/mol. The van der Waals surface area contributed by atoms with E-state index in [2.05, 4.69) is 44.9 Å². The maximum Gasteiger partial charge on any atom is 0.404 e. The Kier molecular flexibility index (Phi) is 10.1. The number of nitrogens with zero attached hydrogens (tertiary/aromatic N) is 4. The summed E-state index contributed by atoms with van der Waals surface area (Å²) in [6.07, 6.45) is 5.49. The predicted octanol–water partition coefficient (Wildman–Crippen LogP) is 3.49. The first-order valence-corrected chi connectivity index (χ1v) is 12.9. The summed E-state index contributed by atoms with van der Waals surface area (Å²) in [5.74, 6) is -1.42. The van der Waals surface area contributed by atoms with E-state index in [1.807, 2.05) is 4.90 Å². The van der Waals surface area contributed by atoms with Gasteiger partial charge < -0.3 is 20.2 Å². The van der Waals surface area contributed by atoms with Crippen LogP contribution in [0.2, 0.25) is 5.28 Å². The summed E-state index contributed by atoms with van der Waals surface area (Å²) < 4.78 is 15.5. The van der Waals surface area contributed by atoms with Gasteiger partial charge in [-0.15, -0.1) is 0 Å². The molecule has 0 bridgehead atoms. The van der Waals surface area contributed by atoms with E-state index in [9.17, 15) is 9.59 Å². The summed E-state index contributed by atoms with van der Waals surface area (Å²) in [5.41, 5.74) is 5.07. The third-order valence-corrected chi connectivity index (χ3v) is 7.26. The van der Waals surface area contributed by atoms with Gasteiger partial charge in [0.25, 0.3) is 0 Å². The van der Waals surface area contributed by atoms with E-state index < -0.39 is 23.7 Å². The normalized spacial score (nSPS) is 19.2. The largest absolute Gasteiger partial charge is 0.465 e. The van der Waals surface area contributed by atoms with Gasteiger partial charge in [0.2, 0.25) is 17.0 Å². The molecule has 1 saturated heterocycles. The van der Waals surface area contributed by atoms with Gasteiger partial charge in [-0.05, 0) is 49.9 Å². The van der Waals surface area contributed by atoms with Crippen molar-refractivity contribution in [3.63, 3.8) is 0 Å². The number of hydrogen-bond acceptors (Lipinski definition) is 7. The summed E-state index contributed by atoms with van der Waals surface area (Å²) in [6.45, 7) is 7.46. The van der Waals surface area contributed by atoms with E-state index in [0.717, 1.165) is 58.2 Å². The average Bonchev–Trinajstić information content (AvgIpc) is 3.52. The van der Waals surface area contributed by atoms with Crippen LogP contribution in [0.1, 0.15) is 58.8 Å². The molecule has 4 N–H and O–H groups in total. The maximum absolute atomic E-state index is 15.5. The van der Waals surface area contributed by atoms with Crippen molar-refractivity contribution in [1.29, 1.82) is 0 Å². The lowest BCUT2D eigenvalue weighted by Gasteiger charge is -2.30. The summed E-state index contributed by atoms with van der Waals surface area (Å²) in [7, 11) is 0. The van der Waals surface area contributed by atoms with Crippen LogP contribution in [-0.2, 0) is 4.79 Å². The number of likely N-dealkylation sites (N-methyl/N-ethyl adjacent to an activating group) is 1. The van der Waals surface area contributed by atoms with Crippen molar-refractivity contribution in [2.24, 2.45) is 11.8 Å². The molecule has 0 radical (unpaired) electrons. The van der Waals surface area contributed by atoms with Crippen LogP contribution in [0.4, 0.5) is 20.8 Å². The third kappa shape index (κ3) is 7.54. The standard InChI is InChI=1S/C23H37ClFN7O3/c1-3-31(4-2)14-17-10-7-11-32(17)20-18(25)19(27-22(24)28-20)29-30-21(33)16(13-26-23(34)35)12-15-8-5-6-9-15/h15-17,26H,3-14H2,1-2H3,(H,30,33)(H,34,35)(H,27,28,29)/t16-,17+/m1/s1. The first kappa shape index (κ1) is 27.2. The lowest BCUT2D eigenvalue weighted by atomic mass is 9.92. The molecule has 0 aromatic carbocycles. The summed E-state index contributed by atoms with van der Waals surface area (Å²) in [5, 5.41) is 11.1. The molecular weight excluding hydrogens is 477 g/mol. The van der Waals surface area contributed by atoms with Crippen LogP contribution in [0, 0.1) is 17.7 Å². The number of carbonyl (C=O) groups excluding carboxylic acids is 1. The van der Waals surface area contributed by atoms with E-state index in [0.29, 0.717) is 18.9 Å². The number of nitrogens with one attached hydrogen (secondary N) is 3. The minimum Gasteiger partial charge on any atom is -0.465 e. The summed E-state index contributed by atoms with van der Waals surface area (Å²) in [4.78, 5) is 36.2. The van der Waals surface area contributed by atoms with Crippen molar-refractivity contribution in [2.75, 3.05) is 43.0 Å². The molecule has 3 rings (SSSR count). The Balaban J connectivity index is 1.70. The number of carbonyl (C=O) groups is 2. The van der Waals surface area contributed by atoms with E-state index in [1.54, 1.807) is 0 Å². The van der Waals surface area contributed by atoms with Gasteiger partial charge in [0.15, 0.2) is 11.6 Å². The Bertz CT molecular complexity index is 868. The van der Waals surface area contributed by atoms with Crippen molar-refractivity contribution >= 4 is 35.2 Å². The van der Waals surface area contributed by atoms with E-state index >= 15 is 4.39 Å². The molecule has 1 aromatic heterocycles. The highest BCUT2D eigenvalue weighted by Crippen LogP contribution is 2.32. The highest BCUT2D eigenvalue weighted by molar-refractivity contribution is 6.28. The van der Waals surface area contributed by atoms with Crippen molar-refractivity contribution in [3.8, 4) is 0 Å². The molecule has 10 nitrogen and oxygen atoms in total. The first-order valence-electron chi connectivity index (χ1n) is 12.6. The summed E-state index contributed by atoms with van der Waals surface area (Å²) in [6, 6.07) is 0.107. The van der Waals surface area contributed by atoms with Crippen LogP contribution in [0.15, 0.2) is 0 Å². The highest BCUT2D eigenvalue weighted by atomic mass is 35.5. The number of carboxylic acid groups (broad SMARTS) is 1. The quantitative estimate of drug-likeness (QED) is 0.247. The van der Waals surface area contributed by atoms with E-state index in [4.69, 9.17) is 16.7 Å². The number of aromatic nitrogens is 2. The molecule has 2 atom stereocenters. The molecule has 35 heavy (non-hydrogen) atoms. The molecule has 1 aliphatic heterocycles. The first-order chi connectivity index (χ1) is 16.8. The van der Waals surface area contributed by atoms with Crippen molar-refractivity contribution < 1.29 is 19.1 Å². The van der Waals surface area contributed by atoms with Gasteiger partial charge in [-0.3, -0.25) is 15.6 Å². The molecular formula is C23H37ClFN7O3. The van der Waals surface area contributed by atoms with Gasteiger partial charge in [0.1, 0.15) is 0 Å². The number of amides is 2. The fourth-order valence-electron chi connectivity index (χ4n) is 5.13. The number of hydrogen-bond donors (Lipinski definition) is 4. The maximum atomic E-state index is 15.5. The van der Waals surface area contributed by atoms with E-state index in [-0.39, 0.29) is 29.5 Å². The number of halogens is 2. The van der Waals surface area contributed by atoms with Crippen LogP contribution in [0.25, 0.3) is 0 Å². The number of anilines is 2. The number of hydrazine groups is 1. The molecule has 1 aliphatic carbocycles. The monoisotopic (exact) mass is 513 g/mol. The second-order valence-corrected chi connectivity index (χ2v) is 9.68. The van der Waals surface area contributed by atoms with Crippen LogP contribution in [0.3, 0.4) is 0 Å². The molecule has 12 heteroatoms. The van der Waals surface area contributed by atoms with Gasteiger partial charge in [-0.1, -0.05) is 39.5 Å². The van der Waals surface area contributed by atoms with Crippen molar-refractivity contribution in [3.05, 3.63) is 11.1 Å². The minimum absolute atomic E-state index is 0.0155. The highest BCUT2D eigenvalue weighted by Gasteiger charge is 2.31. The zero-order valence-corrected chi connectivity index (χ0v) is 21.3. The molecule has 2 amide bonds. The molecule has 196 valence electrons. The summed E-state index contributed by atoms with van der Waals surface area (Å²) >= 11 is 6.13. The molecule has 0 spiro atoms. The molecule has 1 aromatic rings. The SMILES string of the molecule is CCN(CC)C[C@@H]1CCCN1c1nc(Cl)nc(NNC(=O)[C@@H](CNC(=O)O)CC2CCCC2)c1F. The molecule has 2 aliphatic rings. The van der Waals surface area contributed by atoms with Gasteiger partial charge in [0, 0.05) is 25.7 Å². The fourth-order valence-corrected chi connectivity index (χ4v) is 5.30. The fraction of sp³-hybridized carbons (Fsp3) is 0.739. The van der Waals surface area contributed by atoms with Gasteiger partial charge in [-0.2, -0.15) is 14.4 Å². The molecule has 1 saturated carbocycles. The Morgan fingerprint density at radius 3 is 2.57 bits per heavy atom. The van der Waals surface area contributed by atoms with Crippen molar-refractivity contribution in [1.82, 2.24) is 25.6 Å². The van der Waals surface area contributed by atoms with Gasteiger partial charge in [0.05, 0.1) is 5.92 Å². The Labute approximate surface area is 211 Å². The van der Waals surface area contributed by atoms with Gasteiger partial charge >= 0.3 is 6.09 Å². The third-order valence-electron chi connectivity index (χ3n) is 7.09. The van der Waals surface area contributed by atoms with Crippen molar-refractivity contribution in [2.45, 2.75) is 64.8 Å². The molecule has 2 fully saturated rings. The van der Waals surface area contributed by atoms with Crippen LogP contribution < -0.4 is 21.1 Å². The van der Waals surface area contributed by atoms with Crippen LogP contribution in [0.5, 0.6) is 0 Å². The zero-order valence-electron chi connectivity index (χ0n) is 20.5. The smallest absolute Gasteiger partial charge is 0.404 e.